The van der Waals surface area contributed by atoms with Gasteiger partial charge < -0.3 is 5.32 Å². The molecule has 1 heterocycles. The van der Waals surface area contributed by atoms with Crippen molar-refractivity contribution in [3.63, 3.8) is 0 Å². The Bertz CT molecular complexity index is 448. The van der Waals surface area contributed by atoms with E-state index in [0.29, 0.717) is 12.6 Å². The van der Waals surface area contributed by atoms with E-state index in [9.17, 15) is 4.79 Å². The van der Waals surface area contributed by atoms with Gasteiger partial charge in [0.15, 0.2) is 0 Å². The summed E-state index contributed by atoms with van der Waals surface area (Å²) in [7, 11) is 0. The van der Waals surface area contributed by atoms with Crippen molar-refractivity contribution in [2.45, 2.75) is 65.0 Å². The predicted molar refractivity (Wildman–Crippen MR) is 79.0 cm³/mol. The van der Waals surface area contributed by atoms with Gasteiger partial charge in [-0.1, -0.05) is 25.7 Å². The fourth-order valence-electron chi connectivity index (χ4n) is 2.66. The van der Waals surface area contributed by atoms with Gasteiger partial charge in [-0.15, -0.1) is 0 Å². The molecular weight excluding hydrogens is 306 g/mol. The highest BCUT2D eigenvalue weighted by Gasteiger charge is 2.16. The second-order valence-electron chi connectivity index (χ2n) is 5.40. The van der Waals surface area contributed by atoms with Gasteiger partial charge in [-0.2, -0.15) is 5.10 Å². The fourth-order valence-corrected chi connectivity index (χ4v) is 2.95. The summed E-state index contributed by atoms with van der Waals surface area (Å²) >= 11 is 3.48. The van der Waals surface area contributed by atoms with Crippen molar-refractivity contribution >= 4 is 21.8 Å². The molecule has 5 heteroatoms. The lowest BCUT2D eigenvalue weighted by Crippen LogP contribution is -2.37. The molecule has 1 aliphatic rings. The van der Waals surface area contributed by atoms with E-state index in [4.69, 9.17) is 0 Å². The lowest BCUT2D eigenvalue weighted by Gasteiger charge is -2.16. The minimum absolute atomic E-state index is 0.0741. The van der Waals surface area contributed by atoms with Crippen molar-refractivity contribution in [3.8, 4) is 0 Å². The third-order valence-corrected chi connectivity index (χ3v) is 4.95. The number of halogens is 1. The van der Waals surface area contributed by atoms with E-state index >= 15 is 0 Å². The van der Waals surface area contributed by atoms with Crippen LogP contribution in [0.25, 0.3) is 0 Å². The molecule has 0 unspecified atom stereocenters. The monoisotopic (exact) mass is 327 g/mol. The van der Waals surface area contributed by atoms with Crippen LogP contribution in [0.2, 0.25) is 0 Å². The molecule has 2 rings (SSSR count). The van der Waals surface area contributed by atoms with Crippen LogP contribution in [0.4, 0.5) is 0 Å². The molecule has 0 spiro atoms. The molecule has 106 valence electrons. The molecular formula is C14H22BrN3O. The average molecular weight is 328 g/mol. The zero-order valence-electron chi connectivity index (χ0n) is 11.7. The minimum atomic E-state index is 0.0741. The Morgan fingerprint density at radius 3 is 2.47 bits per heavy atom. The van der Waals surface area contributed by atoms with E-state index in [1.165, 1.54) is 25.7 Å². The van der Waals surface area contributed by atoms with Crippen LogP contribution in [0.3, 0.4) is 0 Å². The van der Waals surface area contributed by atoms with Crippen LogP contribution in [0.1, 0.15) is 49.9 Å². The van der Waals surface area contributed by atoms with Crippen molar-refractivity contribution in [2.75, 3.05) is 0 Å². The first-order valence-corrected chi connectivity index (χ1v) is 7.86. The van der Waals surface area contributed by atoms with Crippen LogP contribution in [-0.2, 0) is 11.3 Å². The smallest absolute Gasteiger partial charge is 0.241 e. The number of carbonyl (C=O) groups is 1. The van der Waals surface area contributed by atoms with Gasteiger partial charge in [-0.05, 0) is 42.6 Å². The lowest BCUT2D eigenvalue weighted by atomic mass is 10.1. The van der Waals surface area contributed by atoms with Crippen molar-refractivity contribution in [3.05, 3.63) is 15.9 Å². The molecule has 0 aliphatic heterocycles. The summed E-state index contributed by atoms with van der Waals surface area (Å²) in [6, 6.07) is 0.357. The third kappa shape index (κ3) is 3.81. The Kier molecular flexibility index (Phi) is 5.02. The first-order chi connectivity index (χ1) is 9.08. The zero-order valence-corrected chi connectivity index (χ0v) is 13.3. The molecule has 1 N–H and O–H groups in total. The molecule has 0 bridgehead atoms. The third-order valence-electron chi connectivity index (χ3n) is 3.81. The quantitative estimate of drug-likeness (QED) is 0.867. The number of nitrogens with one attached hydrogen (secondary N) is 1. The standard InChI is InChI=1S/C14H22BrN3O/c1-10-14(15)11(2)18(17-10)9-13(19)16-12-7-5-3-4-6-8-12/h12H,3-9H2,1-2H3,(H,16,19). The van der Waals surface area contributed by atoms with E-state index in [-0.39, 0.29) is 5.91 Å². The summed E-state index contributed by atoms with van der Waals surface area (Å²) in [5.41, 5.74) is 1.94. The highest BCUT2D eigenvalue weighted by atomic mass is 79.9. The first kappa shape index (κ1) is 14.6. The molecule has 1 aliphatic carbocycles. The normalized spacial score (nSPS) is 17.2. The average Bonchev–Trinajstić information content (AvgIpc) is 2.61. The second-order valence-corrected chi connectivity index (χ2v) is 6.19. The van der Waals surface area contributed by atoms with Crippen molar-refractivity contribution in [2.24, 2.45) is 0 Å². The maximum atomic E-state index is 12.1. The molecule has 0 saturated heterocycles. The van der Waals surface area contributed by atoms with Crippen LogP contribution in [0.15, 0.2) is 4.47 Å². The Balaban J connectivity index is 1.91. The van der Waals surface area contributed by atoms with Crippen LogP contribution >= 0.6 is 15.9 Å². The number of nitrogens with zero attached hydrogens (tertiary/aromatic N) is 2. The fraction of sp³-hybridized carbons (Fsp3) is 0.714. The van der Waals surface area contributed by atoms with Crippen LogP contribution in [0, 0.1) is 13.8 Å². The van der Waals surface area contributed by atoms with Crippen LogP contribution < -0.4 is 5.32 Å². The molecule has 1 aromatic rings. The van der Waals surface area contributed by atoms with Crippen LogP contribution in [-0.4, -0.2) is 21.7 Å². The summed E-state index contributed by atoms with van der Waals surface area (Å²) < 4.78 is 2.76. The number of aromatic nitrogens is 2. The molecule has 1 amide bonds. The molecule has 1 saturated carbocycles. The van der Waals surface area contributed by atoms with Crippen LogP contribution in [0.5, 0.6) is 0 Å². The van der Waals surface area contributed by atoms with Crippen molar-refractivity contribution < 1.29 is 4.79 Å². The summed E-state index contributed by atoms with van der Waals surface area (Å²) in [6.45, 7) is 4.23. The Morgan fingerprint density at radius 2 is 1.95 bits per heavy atom. The Morgan fingerprint density at radius 1 is 1.32 bits per heavy atom. The topological polar surface area (TPSA) is 46.9 Å². The number of amides is 1. The number of aryl methyl sites for hydroxylation is 1. The van der Waals surface area contributed by atoms with Gasteiger partial charge in [0.1, 0.15) is 6.54 Å². The summed E-state index contributed by atoms with van der Waals surface area (Å²) in [5, 5.41) is 7.52. The lowest BCUT2D eigenvalue weighted by molar-refractivity contribution is -0.122. The predicted octanol–water partition coefficient (Wildman–Crippen LogP) is 3.10. The molecule has 4 nitrogen and oxygen atoms in total. The first-order valence-electron chi connectivity index (χ1n) is 7.07. The van der Waals surface area contributed by atoms with E-state index < -0.39 is 0 Å². The number of hydrogen-bond donors (Lipinski definition) is 1. The van der Waals surface area contributed by atoms with Gasteiger partial charge >= 0.3 is 0 Å². The Hall–Kier alpha value is -0.840. The SMILES string of the molecule is Cc1nn(CC(=O)NC2CCCCCC2)c(C)c1Br. The maximum Gasteiger partial charge on any atom is 0.241 e. The molecule has 0 atom stereocenters. The zero-order chi connectivity index (χ0) is 13.8. The minimum Gasteiger partial charge on any atom is -0.352 e. The summed E-state index contributed by atoms with van der Waals surface area (Å²) in [5.74, 6) is 0.0741. The van der Waals surface area contributed by atoms with Gasteiger partial charge in [0.05, 0.1) is 15.9 Å². The van der Waals surface area contributed by atoms with E-state index in [1.807, 2.05) is 13.8 Å². The van der Waals surface area contributed by atoms with Gasteiger partial charge in [-0.3, -0.25) is 9.48 Å². The van der Waals surface area contributed by atoms with Gasteiger partial charge in [0.25, 0.3) is 0 Å². The number of rotatable bonds is 3. The Labute approximate surface area is 123 Å². The van der Waals surface area contributed by atoms with Gasteiger partial charge in [-0.25, -0.2) is 0 Å². The van der Waals surface area contributed by atoms with Crippen molar-refractivity contribution in [1.29, 1.82) is 0 Å². The van der Waals surface area contributed by atoms with Crippen molar-refractivity contribution in [1.82, 2.24) is 15.1 Å². The number of hydrogen-bond acceptors (Lipinski definition) is 2. The molecule has 0 aromatic carbocycles. The maximum absolute atomic E-state index is 12.1. The molecule has 19 heavy (non-hydrogen) atoms. The van der Waals surface area contributed by atoms with Gasteiger partial charge in [0.2, 0.25) is 5.91 Å². The van der Waals surface area contributed by atoms with E-state index in [2.05, 4.69) is 26.3 Å². The van der Waals surface area contributed by atoms with E-state index in [1.54, 1.807) is 4.68 Å². The highest BCUT2D eigenvalue weighted by molar-refractivity contribution is 9.10. The summed E-state index contributed by atoms with van der Waals surface area (Å²) in [6.07, 6.45) is 7.31. The summed E-state index contributed by atoms with van der Waals surface area (Å²) in [4.78, 5) is 12.1. The largest absolute Gasteiger partial charge is 0.352 e. The second kappa shape index (κ2) is 6.55. The molecule has 0 radical (unpaired) electrons. The molecule has 1 aromatic heterocycles. The van der Waals surface area contributed by atoms with Gasteiger partial charge in [0, 0.05) is 6.04 Å². The highest BCUT2D eigenvalue weighted by Crippen LogP contribution is 2.20. The number of carbonyl (C=O) groups excluding carboxylic acids is 1. The van der Waals surface area contributed by atoms with E-state index in [0.717, 1.165) is 28.7 Å². The molecule has 1 fully saturated rings.